The molecule has 1 fully saturated rings. The number of carbonyl (C=O) groups excluding carboxylic acids is 2. The molecule has 0 radical (unpaired) electrons. The first-order valence-electron chi connectivity index (χ1n) is 7.47. The number of rotatable bonds is 5. The first-order chi connectivity index (χ1) is 11.8. The number of nitrogens with zero attached hydrogens (tertiary/aromatic N) is 2. The van der Waals surface area contributed by atoms with Gasteiger partial charge in [0.25, 0.3) is 0 Å². The summed E-state index contributed by atoms with van der Waals surface area (Å²) in [6.07, 6.45) is -0.0999. The van der Waals surface area contributed by atoms with Crippen LogP contribution in [0.4, 0.5) is 5.69 Å². The molecule has 1 aromatic carbocycles. The van der Waals surface area contributed by atoms with Crippen molar-refractivity contribution in [1.29, 1.82) is 0 Å². The van der Waals surface area contributed by atoms with E-state index in [0.717, 1.165) is 17.5 Å². The normalized spacial score (nSPS) is 18.0. The molecular weight excluding hydrogens is 344 g/mol. The fourth-order valence-electron chi connectivity index (χ4n) is 2.16. The summed E-state index contributed by atoms with van der Waals surface area (Å²) in [6, 6.07) is 4.82. The van der Waals surface area contributed by atoms with E-state index < -0.39 is 17.1 Å². The summed E-state index contributed by atoms with van der Waals surface area (Å²) in [4.78, 5) is 35.5. The number of benzene rings is 1. The molecule has 3 N–H and O–H groups in total. The lowest BCUT2D eigenvalue weighted by Gasteiger charge is -2.11. The molecule has 2 rings (SSSR count). The first-order valence-corrected chi connectivity index (χ1v) is 8.35. The summed E-state index contributed by atoms with van der Waals surface area (Å²) in [5.41, 5.74) is 1.53. The first kappa shape index (κ1) is 18.7. The number of hydrogen-bond acceptors (Lipinski definition) is 6. The average molecular weight is 362 g/mol. The van der Waals surface area contributed by atoms with Crippen LogP contribution in [-0.2, 0) is 9.59 Å². The smallest absolute Gasteiger partial charge is 0.338 e. The van der Waals surface area contributed by atoms with Crippen molar-refractivity contribution in [1.82, 2.24) is 5.32 Å². The third kappa shape index (κ3) is 4.90. The van der Waals surface area contributed by atoms with Gasteiger partial charge in [0.15, 0.2) is 5.17 Å². The Kier molecular flexibility index (Phi) is 5.92. The Hall–Kier alpha value is -2.68. The van der Waals surface area contributed by atoms with Gasteiger partial charge in [-0.3, -0.25) is 9.59 Å². The van der Waals surface area contributed by atoms with Crippen LogP contribution in [0.3, 0.4) is 0 Å². The summed E-state index contributed by atoms with van der Waals surface area (Å²) >= 11 is 1.12. The van der Waals surface area contributed by atoms with Gasteiger partial charge in [0.05, 0.1) is 11.3 Å². The molecule has 0 aliphatic carbocycles. The number of aryl methyl sites for hydroxylation is 1. The molecule has 8 nitrogen and oxygen atoms in total. The average Bonchev–Trinajstić information content (AvgIpc) is 2.85. The third-order valence-corrected chi connectivity index (χ3v) is 4.32. The van der Waals surface area contributed by atoms with Crippen LogP contribution in [0.5, 0.6) is 0 Å². The molecule has 0 saturated carbocycles. The van der Waals surface area contributed by atoms with Crippen LogP contribution in [-0.4, -0.2) is 39.0 Å². The summed E-state index contributed by atoms with van der Waals surface area (Å²) in [6.45, 7) is 5.20. The Morgan fingerprint density at radius 2 is 2.08 bits per heavy atom. The maximum absolute atomic E-state index is 12.2. The van der Waals surface area contributed by atoms with E-state index in [1.165, 1.54) is 6.07 Å². The summed E-state index contributed by atoms with van der Waals surface area (Å²) in [5, 5.41) is 21.9. The molecule has 1 atom stereocenters. The molecule has 1 unspecified atom stereocenters. The summed E-state index contributed by atoms with van der Waals surface area (Å²) < 4.78 is 0. The SMILES string of the molecule is CC(C)=NN=C1NC(=O)C(CC(=O)Nc2cccc(C)c2C(=O)O)S1. The molecule has 1 heterocycles. The van der Waals surface area contributed by atoms with Crippen molar-refractivity contribution in [2.45, 2.75) is 32.4 Å². The van der Waals surface area contributed by atoms with Crippen LogP contribution in [0.2, 0.25) is 0 Å². The maximum Gasteiger partial charge on any atom is 0.338 e. The summed E-state index contributed by atoms with van der Waals surface area (Å²) in [5.74, 6) is -1.90. The fraction of sp³-hybridized carbons (Fsp3) is 0.312. The van der Waals surface area contributed by atoms with Gasteiger partial charge in [-0.1, -0.05) is 23.9 Å². The molecular formula is C16H18N4O4S. The van der Waals surface area contributed by atoms with Crippen LogP contribution in [0.1, 0.15) is 36.2 Å². The number of amidine groups is 1. The number of anilines is 1. The number of hydrogen-bond donors (Lipinski definition) is 3. The van der Waals surface area contributed by atoms with Crippen LogP contribution >= 0.6 is 11.8 Å². The molecule has 1 saturated heterocycles. The predicted octanol–water partition coefficient (Wildman–Crippen LogP) is 2.01. The van der Waals surface area contributed by atoms with Gasteiger partial charge in [-0.05, 0) is 32.4 Å². The second-order valence-corrected chi connectivity index (χ2v) is 6.79. The van der Waals surface area contributed by atoms with E-state index in [4.69, 9.17) is 0 Å². The lowest BCUT2D eigenvalue weighted by atomic mass is 10.1. The molecule has 0 bridgehead atoms. The van der Waals surface area contributed by atoms with Crippen molar-refractivity contribution >= 4 is 46.1 Å². The highest BCUT2D eigenvalue weighted by molar-refractivity contribution is 8.15. The van der Waals surface area contributed by atoms with E-state index in [2.05, 4.69) is 20.8 Å². The molecule has 0 aromatic heterocycles. The number of carbonyl (C=O) groups is 3. The molecule has 25 heavy (non-hydrogen) atoms. The Labute approximate surface area is 148 Å². The van der Waals surface area contributed by atoms with E-state index in [1.807, 2.05) is 0 Å². The number of carboxylic acid groups (broad SMARTS) is 1. The molecule has 1 aliphatic rings. The molecule has 132 valence electrons. The Balaban J connectivity index is 2.06. The van der Waals surface area contributed by atoms with Crippen LogP contribution in [0, 0.1) is 6.92 Å². The number of nitrogens with one attached hydrogen (secondary N) is 2. The van der Waals surface area contributed by atoms with Crippen LogP contribution < -0.4 is 10.6 Å². The molecule has 0 spiro atoms. The van der Waals surface area contributed by atoms with Gasteiger partial charge in [-0.15, -0.1) is 5.10 Å². The monoisotopic (exact) mass is 362 g/mol. The number of aromatic carboxylic acids is 1. The molecule has 9 heteroatoms. The van der Waals surface area contributed by atoms with Crippen LogP contribution in [0.15, 0.2) is 28.4 Å². The number of amides is 2. The van der Waals surface area contributed by atoms with E-state index in [9.17, 15) is 19.5 Å². The van der Waals surface area contributed by atoms with Gasteiger partial charge in [0, 0.05) is 12.1 Å². The Morgan fingerprint density at radius 3 is 2.72 bits per heavy atom. The van der Waals surface area contributed by atoms with Crippen molar-refractivity contribution in [3.05, 3.63) is 29.3 Å². The van der Waals surface area contributed by atoms with Gasteiger partial charge < -0.3 is 15.7 Å². The maximum atomic E-state index is 12.2. The largest absolute Gasteiger partial charge is 0.478 e. The minimum Gasteiger partial charge on any atom is -0.478 e. The molecule has 2 amide bonds. The minimum atomic E-state index is -1.12. The Bertz CT molecular complexity index is 784. The van der Waals surface area contributed by atoms with Gasteiger partial charge in [0.2, 0.25) is 11.8 Å². The van der Waals surface area contributed by atoms with E-state index in [-0.39, 0.29) is 23.6 Å². The van der Waals surface area contributed by atoms with Crippen LogP contribution in [0.25, 0.3) is 0 Å². The zero-order valence-electron chi connectivity index (χ0n) is 14.0. The highest BCUT2D eigenvalue weighted by atomic mass is 32.2. The van der Waals surface area contributed by atoms with Crippen molar-refractivity contribution in [3.63, 3.8) is 0 Å². The van der Waals surface area contributed by atoms with E-state index >= 15 is 0 Å². The fourth-order valence-corrected chi connectivity index (χ4v) is 3.08. The van der Waals surface area contributed by atoms with E-state index in [0.29, 0.717) is 10.7 Å². The number of carboxylic acids is 1. The van der Waals surface area contributed by atoms with Gasteiger partial charge in [0.1, 0.15) is 5.25 Å². The van der Waals surface area contributed by atoms with Crippen molar-refractivity contribution in [2.24, 2.45) is 10.2 Å². The van der Waals surface area contributed by atoms with Gasteiger partial charge in [-0.2, -0.15) is 5.10 Å². The second kappa shape index (κ2) is 7.93. The zero-order chi connectivity index (χ0) is 18.6. The van der Waals surface area contributed by atoms with Gasteiger partial charge in [-0.25, -0.2) is 4.79 Å². The minimum absolute atomic E-state index is 0.0365. The predicted molar refractivity (Wildman–Crippen MR) is 97.1 cm³/mol. The van der Waals surface area contributed by atoms with Crippen molar-refractivity contribution in [2.75, 3.05) is 5.32 Å². The Morgan fingerprint density at radius 1 is 1.36 bits per heavy atom. The topological polar surface area (TPSA) is 120 Å². The lowest BCUT2D eigenvalue weighted by Crippen LogP contribution is -2.28. The standard InChI is InChI=1S/C16H18N4O4S/c1-8(2)19-20-16-18-14(22)11(25-16)7-12(21)17-10-6-4-5-9(3)13(10)15(23)24/h4-6,11H,7H2,1-3H3,(H,17,21)(H,23,24)(H,18,20,22). The lowest BCUT2D eigenvalue weighted by molar-refractivity contribution is -0.122. The molecule has 1 aliphatic heterocycles. The van der Waals surface area contributed by atoms with Gasteiger partial charge >= 0.3 is 5.97 Å². The molecule has 1 aromatic rings. The van der Waals surface area contributed by atoms with Crippen molar-refractivity contribution < 1.29 is 19.5 Å². The quantitative estimate of drug-likeness (QED) is 0.546. The second-order valence-electron chi connectivity index (χ2n) is 5.60. The van der Waals surface area contributed by atoms with E-state index in [1.54, 1.807) is 32.9 Å². The van der Waals surface area contributed by atoms with Crippen molar-refractivity contribution in [3.8, 4) is 0 Å². The zero-order valence-corrected chi connectivity index (χ0v) is 14.8. The third-order valence-electron chi connectivity index (χ3n) is 3.25. The highest BCUT2D eigenvalue weighted by Crippen LogP contribution is 2.24. The summed E-state index contributed by atoms with van der Waals surface area (Å²) in [7, 11) is 0. The number of thioether (sulfide) groups is 1. The highest BCUT2D eigenvalue weighted by Gasteiger charge is 2.32.